The maximum Gasteiger partial charge on any atom is 0.338 e. The number of benzene rings is 2. The summed E-state index contributed by atoms with van der Waals surface area (Å²) in [7, 11) is 1.58. The number of carboxylic acids is 1. The van der Waals surface area contributed by atoms with Crippen molar-refractivity contribution in [1.29, 1.82) is 0 Å². The normalized spacial score (nSPS) is 11.7. The van der Waals surface area contributed by atoms with Gasteiger partial charge in [-0.2, -0.15) is 0 Å². The third-order valence-electron chi connectivity index (χ3n) is 4.62. The molecule has 2 aromatic carbocycles. The van der Waals surface area contributed by atoms with Gasteiger partial charge in [0.25, 0.3) is 0 Å². The van der Waals surface area contributed by atoms with Crippen LogP contribution in [0, 0.1) is 6.92 Å². The van der Waals surface area contributed by atoms with Crippen molar-refractivity contribution in [2.45, 2.75) is 33.1 Å². The van der Waals surface area contributed by atoms with Crippen molar-refractivity contribution in [1.82, 2.24) is 4.57 Å². The molecule has 3 aromatic rings. The van der Waals surface area contributed by atoms with Crippen LogP contribution in [0.4, 0.5) is 0 Å². The molecule has 0 aliphatic carbocycles. The Hall–Kier alpha value is -2.75. The Morgan fingerprint density at radius 1 is 1.08 bits per heavy atom. The van der Waals surface area contributed by atoms with Crippen molar-refractivity contribution in [3.8, 4) is 11.4 Å². The second-order valence-corrected chi connectivity index (χ2v) is 7.28. The van der Waals surface area contributed by atoms with Crippen LogP contribution in [-0.2, 0) is 5.41 Å². The Labute approximate surface area is 147 Å². The number of methoxy groups -OCH3 is 1. The van der Waals surface area contributed by atoms with E-state index in [9.17, 15) is 9.90 Å². The molecule has 0 saturated heterocycles. The van der Waals surface area contributed by atoms with Gasteiger partial charge in [-0.1, -0.05) is 32.9 Å². The monoisotopic (exact) mass is 337 g/mol. The topological polar surface area (TPSA) is 51.5 Å². The minimum absolute atomic E-state index is 0.0753. The maximum atomic E-state index is 11.8. The van der Waals surface area contributed by atoms with E-state index in [0.29, 0.717) is 22.4 Å². The third kappa shape index (κ3) is 2.88. The number of nitrogens with zero attached hydrogens (tertiary/aromatic N) is 1. The van der Waals surface area contributed by atoms with E-state index in [1.165, 1.54) is 5.56 Å². The zero-order valence-corrected chi connectivity index (χ0v) is 15.3. The summed E-state index contributed by atoms with van der Waals surface area (Å²) in [5.74, 6) is -0.281. The van der Waals surface area contributed by atoms with E-state index in [2.05, 4.69) is 32.9 Å². The van der Waals surface area contributed by atoms with Crippen LogP contribution in [0.5, 0.6) is 5.75 Å². The zero-order valence-electron chi connectivity index (χ0n) is 15.3. The summed E-state index contributed by atoms with van der Waals surface area (Å²) in [5, 5.41) is 10.4. The van der Waals surface area contributed by atoms with E-state index in [1.54, 1.807) is 13.2 Å². The van der Waals surface area contributed by atoms with E-state index in [-0.39, 0.29) is 5.41 Å². The summed E-state index contributed by atoms with van der Waals surface area (Å²) >= 11 is 0. The van der Waals surface area contributed by atoms with Gasteiger partial charge in [0.1, 0.15) is 5.75 Å². The number of carboxylic acid groups (broad SMARTS) is 1. The van der Waals surface area contributed by atoms with Gasteiger partial charge in [0.15, 0.2) is 0 Å². The van der Waals surface area contributed by atoms with Crippen LogP contribution in [0.3, 0.4) is 0 Å². The van der Waals surface area contributed by atoms with Crippen molar-refractivity contribution in [3.05, 3.63) is 59.3 Å². The Morgan fingerprint density at radius 3 is 2.24 bits per heavy atom. The van der Waals surface area contributed by atoms with Crippen molar-refractivity contribution < 1.29 is 14.6 Å². The van der Waals surface area contributed by atoms with Crippen LogP contribution in [0.1, 0.15) is 42.4 Å². The van der Waals surface area contributed by atoms with Gasteiger partial charge in [-0.15, -0.1) is 0 Å². The average Bonchev–Trinajstić information content (AvgIpc) is 2.85. The molecular formula is C21H23NO3. The second-order valence-electron chi connectivity index (χ2n) is 7.28. The van der Waals surface area contributed by atoms with E-state index >= 15 is 0 Å². The molecule has 25 heavy (non-hydrogen) atoms. The third-order valence-corrected chi connectivity index (χ3v) is 4.62. The fraction of sp³-hybridized carbons (Fsp3) is 0.286. The van der Waals surface area contributed by atoms with Gasteiger partial charge < -0.3 is 14.4 Å². The molecule has 0 saturated carbocycles. The number of rotatable bonds is 3. The molecular weight excluding hydrogens is 314 g/mol. The van der Waals surface area contributed by atoms with Crippen molar-refractivity contribution in [3.63, 3.8) is 0 Å². The number of fused-ring (bicyclic) bond motifs is 1. The van der Waals surface area contributed by atoms with Crippen LogP contribution < -0.4 is 4.74 Å². The molecule has 3 rings (SSSR count). The van der Waals surface area contributed by atoms with Gasteiger partial charge in [0, 0.05) is 16.8 Å². The molecule has 0 atom stereocenters. The molecule has 4 nitrogen and oxygen atoms in total. The maximum absolute atomic E-state index is 11.8. The lowest BCUT2D eigenvalue weighted by atomic mass is 9.87. The molecule has 0 spiro atoms. The molecule has 0 fully saturated rings. The lowest BCUT2D eigenvalue weighted by molar-refractivity contribution is 0.0698. The van der Waals surface area contributed by atoms with E-state index in [4.69, 9.17) is 4.74 Å². The van der Waals surface area contributed by atoms with E-state index in [1.807, 2.05) is 35.8 Å². The SMILES string of the molecule is COc1ccc2c(c1)c(C(=O)O)c(C)n2-c1ccc(C(C)(C)C)cc1. The first-order valence-electron chi connectivity index (χ1n) is 8.27. The lowest BCUT2D eigenvalue weighted by Gasteiger charge is -2.19. The molecule has 0 bridgehead atoms. The van der Waals surface area contributed by atoms with Crippen LogP contribution >= 0.6 is 0 Å². The molecule has 0 aliphatic heterocycles. The summed E-state index contributed by atoms with van der Waals surface area (Å²) in [6.45, 7) is 8.36. The molecule has 4 heteroatoms. The number of hydrogen-bond acceptors (Lipinski definition) is 2. The van der Waals surface area contributed by atoms with Gasteiger partial charge in [-0.05, 0) is 48.2 Å². The molecule has 0 unspecified atom stereocenters. The first-order chi connectivity index (χ1) is 11.7. The highest BCUT2D eigenvalue weighted by Gasteiger charge is 2.21. The van der Waals surface area contributed by atoms with Gasteiger partial charge >= 0.3 is 5.97 Å². The van der Waals surface area contributed by atoms with Gasteiger partial charge in [-0.3, -0.25) is 0 Å². The van der Waals surface area contributed by atoms with Gasteiger partial charge in [-0.25, -0.2) is 4.79 Å². The molecule has 0 aliphatic rings. The average molecular weight is 337 g/mol. The minimum Gasteiger partial charge on any atom is -0.497 e. The van der Waals surface area contributed by atoms with E-state index in [0.717, 1.165) is 11.2 Å². The van der Waals surface area contributed by atoms with Crippen molar-refractivity contribution in [2.24, 2.45) is 0 Å². The summed E-state index contributed by atoms with van der Waals surface area (Å²) in [6, 6.07) is 13.8. The Balaban J connectivity index is 2.26. The fourth-order valence-corrected chi connectivity index (χ4v) is 3.24. The molecule has 0 amide bonds. The standard InChI is InChI=1S/C21H23NO3/c1-13-19(20(23)24)17-12-16(25-5)10-11-18(17)22(13)15-8-6-14(7-9-15)21(2,3)4/h6-12H,1-5H3,(H,23,24). The smallest absolute Gasteiger partial charge is 0.338 e. The second kappa shape index (κ2) is 5.96. The summed E-state index contributed by atoms with van der Waals surface area (Å²) in [4.78, 5) is 11.8. The van der Waals surface area contributed by atoms with Crippen molar-refractivity contribution in [2.75, 3.05) is 7.11 Å². The predicted molar refractivity (Wildman–Crippen MR) is 100 cm³/mol. The highest BCUT2D eigenvalue weighted by atomic mass is 16.5. The van der Waals surface area contributed by atoms with Crippen LogP contribution in [0.15, 0.2) is 42.5 Å². The van der Waals surface area contributed by atoms with Crippen LogP contribution in [0.25, 0.3) is 16.6 Å². The molecule has 1 heterocycles. The van der Waals surface area contributed by atoms with Gasteiger partial charge in [0.05, 0.1) is 18.2 Å². The number of ether oxygens (including phenoxy) is 1. The Kier molecular flexibility index (Phi) is 4.07. The number of aromatic nitrogens is 1. The molecule has 0 radical (unpaired) electrons. The molecule has 1 N–H and O–H groups in total. The fourth-order valence-electron chi connectivity index (χ4n) is 3.24. The zero-order chi connectivity index (χ0) is 18.4. The number of aromatic carboxylic acids is 1. The predicted octanol–water partition coefficient (Wildman–Crippen LogP) is 4.94. The Morgan fingerprint density at radius 2 is 1.72 bits per heavy atom. The number of carbonyl (C=O) groups is 1. The highest BCUT2D eigenvalue weighted by Crippen LogP contribution is 2.32. The van der Waals surface area contributed by atoms with Crippen molar-refractivity contribution >= 4 is 16.9 Å². The highest BCUT2D eigenvalue weighted by molar-refractivity contribution is 6.06. The minimum atomic E-state index is -0.930. The van der Waals surface area contributed by atoms with Gasteiger partial charge in [0.2, 0.25) is 0 Å². The summed E-state index contributed by atoms with van der Waals surface area (Å²) in [5.41, 5.74) is 4.15. The van der Waals surface area contributed by atoms with Crippen LogP contribution in [0.2, 0.25) is 0 Å². The first-order valence-corrected chi connectivity index (χ1v) is 8.27. The quantitative estimate of drug-likeness (QED) is 0.736. The summed E-state index contributed by atoms with van der Waals surface area (Å²) < 4.78 is 7.25. The van der Waals surface area contributed by atoms with Crippen LogP contribution in [-0.4, -0.2) is 22.8 Å². The Bertz CT molecular complexity index is 944. The molecule has 1 aromatic heterocycles. The molecule has 130 valence electrons. The lowest BCUT2D eigenvalue weighted by Crippen LogP contribution is -2.11. The number of hydrogen-bond donors (Lipinski definition) is 1. The largest absolute Gasteiger partial charge is 0.497 e. The summed E-state index contributed by atoms with van der Waals surface area (Å²) in [6.07, 6.45) is 0. The van der Waals surface area contributed by atoms with E-state index < -0.39 is 5.97 Å². The first kappa shape index (κ1) is 17.1.